The highest BCUT2D eigenvalue weighted by molar-refractivity contribution is 9.11. The fourth-order valence-corrected chi connectivity index (χ4v) is 4.21. The summed E-state index contributed by atoms with van der Waals surface area (Å²) in [4.78, 5) is 0. The fourth-order valence-electron chi connectivity index (χ4n) is 1.15. The van der Waals surface area contributed by atoms with Crippen LogP contribution < -0.4 is 10.5 Å². The van der Waals surface area contributed by atoms with Gasteiger partial charge in [0.05, 0.1) is 9.98 Å². The molecule has 0 aliphatic rings. The van der Waals surface area contributed by atoms with Gasteiger partial charge in [0.2, 0.25) is 10.0 Å². The molecule has 0 unspecified atom stereocenters. The number of hydrogen-bond donors (Lipinski definition) is 3. The molecule has 0 saturated heterocycles. The predicted octanol–water partition coefficient (Wildman–Crippen LogP) is 1.29. The molecule has 0 saturated carbocycles. The molecule has 0 aliphatic heterocycles. The minimum absolute atomic E-state index is 0.111. The van der Waals surface area contributed by atoms with E-state index in [9.17, 15) is 8.42 Å². The average Bonchev–Trinajstić information content (AvgIpc) is 2.85. The molecule has 0 amide bonds. The van der Waals surface area contributed by atoms with E-state index >= 15 is 0 Å². The van der Waals surface area contributed by atoms with Gasteiger partial charge < -0.3 is 5.73 Å². The van der Waals surface area contributed by atoms with Gasteiger partial charge in [-0.1, -0.05) is 0 Å². The van der Waals surface area contributed by atoms with E-state index in [0.717, 1.165) is 15.1 Å². The zero-order chi connectivity index (χ0) is 12.5. The number of halogens is 1. The SMILES string of the molecule is Nc1[nH]ncc1CNS(=O)(=O)c1ccc(Br)s1. The van der Waals surface area contributed by atoms with Crippen molar-refractivity contribution in [2.75, 3.05) is 5.73 Å². The van der Waals surface area contributed by atoms with Crippen LogP contribution >= 0.6 is 27.3 Å². The lowest BCUT2D eigenvalue weighted by atomic mass is 10.3. The van der Waals surface area contributed by atoms with Gasteiger partial charge in [0.1, 0.15) is 10.0 Å². The summed E-state index contributed by atoms with van der Waals surface area (Å²) in [5.41, 5.74) is 6.17. The van der Waals surface area contributed by atoms with E-state index in [1.165, 1.54) is 12.3 Å². The topological polar surface area (TPSA) is 101 Å². The number of hydrogen-bond acceptors (Lipinski definition) is 5. The molecule has 92 valence electrons. The number of sulfonamides is 1. The van der Waals surface area contributed by atoms with Gasteiger partial charge in [-0.15, -0.1) is 11.3 Å². The van der Waals surface area contributed by atoms with Gasteiger partial charge in [0.15, 0.2) is 0 Å². The van der Waals surface area contributed by atoms with Gasteiger partial charge in [0, 0.05) is 12.1 Å². The van der Waals surface area contributed by atoms with Crippen molar-refractivity contribution in [3.05, 3.63) is 27.7 Å². The highest BCUT2D eigenvalue weighted by atomic mass is 79.9. The van der Waals surface area contributed by atoms with E-state index in [4.69, 9.17) is 5.73 Å². The molecule has 0 fully saturated rings. The second-order valence-corrected chi connectivity index (χ2v) is 7.65. The Balaban J connectivity index is 2.11. The smallest absolute Gasteiger partial charge is 0.250 e. The van der Waals surface area contributed by atoms with Crippen molar-refractivity contribution in [2.45, 2.75) is 10.8 Å². The monoisotopic (exact) mass is 336 g/mol. The number of rotatable bonds is 4. The van der Waals surface area contributed by atoms with E-state index < -0.39 is 10.0 Å². The molecule has 2 rings (SSSR count). The Morgan fingerprint density at radius 1 is 1.53 bits per heavy atom. The summed E-state index contributed by atoms with van der Waals surface area (Å²) in [5.74, 6) is 0.361. The number of anilines is 1. The molecule has 9 heteroatoms. The van der Waals surface area contributed by atoms with Gasteiger partial charge in [-0.25, -0.2) is 13.1 Å². The van der Waals surface area contributed by atoms with Crippen LogP contribution in [-0.2, 0) is 16.6 Å². The molecule has 17 heavy (non-hydrogen) atoms. The van der Waals surface area contributed by atoms with Crippen molar-refractivity contribution in [3.8, 4) is 0 Å². The third kappa shape index (κ3) is 2.86. The third-order valence-corrected chi connectivity index (χ3v) is 5.53. The second kappa shape index (κ2) is 4.77. The molecule has 0 radical (unpaired) electrons. The molecule has 6 nitrogen and oxygen atoms in total. The van der Waals surface area contributed by atoms with Crippen LogP contribution in [0, 0.1) is 0 Å². The maximum absolute atomic E-state index is 11.9. The third-order valence-electron chi connectivity index (χ3n) is 2.02. The molecular weight excluding hydrogens is 328 g/mol. The van der Waals surface area contributed by atoms with Gasteiger partial charge in [0.25, 0.3) is 0 Å². The highest BCUT2D eigenvalue weighted by Crippen LogP contribution is 2.25. The largest absolute Gasteiger partial charge is 0.384 e. The number of nitrogens with zero attached hydrogens (tertiary/aromatic N) is 1. The first-order valence-corrected chi connectivity index (χ1v) is 7.61. The second-order valence-electron chi connectivity index (χ2n) is 3.19. The number of aromatic amines is 1. The Morgan fingerprint density at radius 3 is 2.82 bits per heavy atom. The molecule has 0 bridgehead atoms. The standard InChI is InChI=1S/C8H9BrN4O2S2/c9-6-1-2-7(16-6)17(14,15)12-4-5-3-11-13-8(5)10/h1-3,12H,4H2,(H3,10,11,13). The van der Waals surface area contributed by atoms with Gasteiger partial charge in [-0.05, 0) is 28.1 Å². The molecule has 2 aromatic heterocycles. The summed E-state index contributed by atoms with van der Waals surface area (Å²) in [7, 11) is -3.49. The van der Waals surface area contributed by atoms with Crippen LogP contribution in [0.5, 0.6) is 0 Å². The van der Waals surface area contributed by atoms with Crippen molar-refractivity contribution in [3.63, 3.8) is 0 Å². The Bertz CT molecular complexity index is 619. The summed E-state index contributed by atoms with van der Waals surface area (Å²) >= 11 is 4.36. The van der Waals surface area contributed by atoms with Crippen molar-refractivity contribution in [2.24, 2.45) is 0 Å². The van der Waals surface area contributed by atoms with Gasteiger partial charge >= 0.3 is 0 Å². The minimum Gasteiger partial charge on any atom is -0.384 e. The molecule has 0 atom stereocenters. The zero-order valence-corrected chi connectivity index (χ0v) is 11.7. The number of nitrogens with two attached hydrogens (primary N) is 1. The Hall–Kier alpha value is -0.900. The van der Waals surface area contributed by atoms with Crippen molar-refractivity contribution >= 4 is 43.1 Å². The van der Waals surface area contributed by atoms with E-state index in [0.29, 0.717) is 11.4 Å². The van der Waals surface area contributed by atoms with Gasteiger partial charge in [-0.3, -0.25) is 5.10 Å². The van der Waals surface area contributed by atoms with Crippen LogP contribution in [0.3, 0.4) is 0 Å². The van der Waals surface area contributed by atoms with E-state index in [2.05, 4.69) is 30.8 Å². The summed E-state index contributed by atoms with van der Waals surface area (Å²) in [6, 6.07) is 3.22. The van der Waals surface area contributed by atoms with Crippen LogP contribution in [0.1, 0.15) is 5.56 Å². The van der Waals surface area contributed by atoms with E-state index in [1.54, 1.807) is 6.07 Å². The summed E-state index contributed by atoms with van der Waals surface area (Å²) < 4.78 is 27.2. The van der Waals surface area contributed by atoms with Crippen molar-refractivity contribution in [1.82, 2.24) is 14.9 Å². The number of nitrogen functional groups attached to an aromatic ring is 1. The van der Waals surface area contributed by atoms with Crippen molar-refractivity contribution < 1.29 is 8.42 Å². The van der Waals surface area contributed by atoms with Crippen LogP contribution in [0.4, 0.5) is 5.82 Å². The van der Waals surface area contributed by atoms with E-state index in [-0.39, 0.29) is 10.8 Å². The number of thiophene rings is 1. The first kappa shape index (κ1) is 12.6. The molecule has 0 aromatic carbocycles. The Kier molecular flexibility index (Phi) is 3.52. The lowest BCUT2D eigenvalue weighted by Gasteiger charge is -2.03. The summed E-state index contributed by atoms with van der Waals surface area (Å²) in [5, 5.41) is 6.25. The van der Waals surface area contributed by atoms with Crippen molar-refractivity contribution in [1.29, 1.82) is 0 Å². The quantitative estimate of drug-likeness (QED) is 0.783. The molecular formula is C8H9BrN4O2S2. The Morgan fingerprint density at radius 2 is 2.29 bits per heavy atom. The van der Waals surface area contributed by atoms with Gasteiger partial charge in [-0.2, -0.15) is 5.10 Å². The Labute approximate surface area is 110 Å². The zero-order valence-electron chi connectivity index (χ0n) is 8.47. The summed E-state index contributed by atoms with van der Waals surface area (Å²) in [6.07, 6.45) is 1.49. The fraction of sp³-hybridized carbons (Fsp3) is 0.125. The lowest BCUT2D eigenvalue weighted by molar-refractivity contribution is 0.583. The number of aromatic nitrogens is 2. The van der Waals surface area contributed by atoms with E-state index in [1.807, 2.05) is 0 Å². The molecule has 2 aromatic rings. The first-order valence-electron chi connectivity index (χ1n) is 4.52. The lowest BCUT2D eigenvalue weighted by Crippen LogP contribution is -2.22. The number of nitrogens with one attached hydrogen (secondary N) is 2. The molecule has 2 heterocycles. The van der Waals surface area contributed by atoms with Crippen LogP contribution in [-0.4, -0.2) is 18.6 Å². The van der Waals surface area contributed by atoms with Crippen LogP contribution in [0.15, 0.2) is 26.3 Å². The molecule has 0 aliphatic carbocycles. The number of H-pyrrole nitrogens is 1. The molecule has 0 spiro atoms. The first-order chi connectivity index (χ1) is 7.99. The normalized spacial score (nSPS) is 11.8. The maximum Gasteiger partial charge on any atom is 0.250 e. The minimum atomic E-state index is -3.49. The summed E-state index contributed by atoms with van der Waals surface area (Å²) in [6.45, 7) is 0.111. The molecule has 4 N–H and O–H groups in total. The average molecular weight is 337 g/mol. The van der Waals surface area contributed by atoms with Crippen LogP contribution in [0.25, 0.3) is 0 Å². The highest BCUT2D eigenvalue weighted by Gasteiger charge is 2.16. The predicted molar refractivity (Wildman–Crippen MR) is 69.0 cm³/mol. The maximum atomic E-state index is 11.9. The van der Waals surface area contributed by atoms with Crippen LogP contribution in [0.2, 0.25) is 0 Å².